The van der Waals surface area contributed by atoms with Crippen LogP contribution in [0.25, 0.3) is 0 Å². The monoisotopic (exact) mass is 214 g/mol. The van der Waals surface area contributed by atoms with Gasteiger partial charge in [-0.3, -0.25) is 0 Å². The lowest BCUT2D eigenvalue weighted by atomic mass is 9.97. The van der Waals surface area contributed by atoms with Crippen LogP contribution in [0.1, 0.15) is 18.4 Å². The van der Waals surface area contributed by atoms with E-state index in [1.807, 2.05) is 0 Å². The van der Waals surface area contributed by atoms with E-state index in [-0.39, 0.29) is 17.8 Å². The molecule has 0 atom stereocenters. The van der Waals surface area contributed by atoms with Crippen LogP contribution in [-0.4, -0.2) is 11.7 Å². The minimum Gasteiger partial charge on any atom is -0.396 e. The van der Waals surface area contributed by atoms with Crippen LogP contribution in [0, 0.1) is 11.2 Å². The molecule has 0 saturated heterocycles. The molecular weight excluding hydrogens is 203 g/mol. The molecule has 0 aromatic heterocycles. The van der Waals surface area contributed by atoms with E-state index in [0.717, 1.165) is 12.8 Å². The number of aliphatic hydroxyl groups excluding tert-OH is 1. The van der Waals surface area contributed by atoms with E-state index in [4.69, 9.17) is 16.7 Å². The van der Waals surface area contributed by atoms with Gasteiger partial charge in [-0.2, -0.15) is 0 Å². The first-order chi connectivity index (χ1) is 6.65. The second-order valence-electron chi connectivity index (χ2n) is 4.07. The van der Waals surface area contributed by atoms with Crippen LogP contribution in [0.3, 0.4) is 0 Å². The SMILES string of the molecule is OCC1(Cc2cc(Cl)ccc2F)CC1. The zero-order valence-corrected chi connectivity index (χ0v) is 8.52. The van der Waals surface area contributed by atoms with Gasteiger partial charge in [-0.05, 0) is 48.4 Å². The number of hydrogen-bond acceptors (Lipinski definition) is 1. The Balaban J connectivity index is 2.20. The smallest absolute Gasteiger partial charge is 0.126 e. The molecule has 0 radical (unpaired) electrons. The van der Waals surface area contributed by atoms with Gasteiger partial charge in [0.05, 0.1) is 0 Å². The lowest BCUT2D eigenvalue weighted by Crippen LogP contribution is -2.11. The summed E-state index contributed by atoms with van der Waals surface area (Å²) in [6.07, 6.45) is 2.56. The molecule has 1 aromatic rings. The number of benzene rings is 1. The standard InChI is InChI=1S/C11H12ClFO/c12-9-1-2-10(13)8(5-9)6-11(7-14)3-4-11/h1-2,5,14H,3-4,6-7H2. The molecule has 0 aliphatic heterocycles. The van der Waals surface area contributed by atoms with E-state index in [1.54, 1.807) is 12.1 Å². The maximum absolute atomic E-state index is 13.3. The third-order valence-corrected chi connectivity index (χ3v) is 3.10. The van der Waals surface area contributed by atoms with Crippen LogP contribution in [0.4, 0.5) is 4.39 Å². The van der Waals surface area contributed by atoms with Gasteiger partial charge in [-0.15, -0.1) is 0 Å². The molecule has 1 nitrogen and oxygen atoms in total. The Morgan fingerprint density at radius 1 is 1.43 bits per heavy atom. The Morgan fingerprint density at radius 2 is 2.14 bits per heavy atom. The van der Waals surface area contributed by atoms with Gasteiger partial charge in [0.15, 0.2) is 0 Å². The predicted octanol–water partition coefficient (Wildman–Crippen LogP) is 2.79. The Labute approximate surface area is 87.5 Å². The Morgan fingerprint density at radius 3 is 2.71 bits per heavy atom. The zero-order chi connectivity index (χ0) is 10.2. The normalized spacial score (nSPS) is 18.2. The van der Waals surface area contributed by atoms with Crippen molar-refractivity contribution in [2.75, 3.05) is 6.61 Å². The van der Waals surface area contributed by atoms with Crippen molar-refractivity contribution in [3.05, 3.63) is 34.6 Å². The van der Waals surface area contributed by atoms with Crippen LogP contribution < -0.4 is 0 Å². The van der Waals surface area contributed by atoms with Crippen molar-refractivity contribution < 1.29 is 9.50 Å². The molecule has 1 fully saturated rings. The summed E-state index contributed by atoms with van der Waals surface area (Å²) in [5.74, 6) is -0.228. The summed E-state index contributed by atoms with van der Waals surface area (Å²) >= 11 is 5.78. The molecular formula is C11H12ClFO. The average molecular weight is 215 g/mol. The van der Waals surface area contributed by atoms with Gasteiger partial charge < -0.3 is 5.11 Å². The molecule has 0 amide bonds. The third kappa shape index (κ3) is 1.91. The van der Waals surface area contributed by atoms with Crippen molar-refractivity contribution in [2.45, 2.75) is 19.3 Å². The first-order valence-electron chi connectivity index (χ1n) is 4.70. The number of rotatable bonds is 3. The summed E-state index contributed by atoms with van der Waals surface area (Å²) in [5, 5.41) is 9.67. The van der Waals surface area contributed by atoms with Gasteiger partial charge in [-0.1, -0.05) is 11.6 Å². The van der Waals surface area contributed by atoms with E-state index in [1.165, 1.54) is 6.07 Å². The van der Waals surface area contributed by atoms with Gasteiger partial charge in [0.25, 0.3) is 0 Å². The van der Waals surface area contributed by atoms with Crippen LogP contribution in [-0.2, 0) is 6.42 Å². The Bertz CT molecular complexity index is 347. The predicted molar refractivity (Wildman–Crippen MR) is 53.9 cm³/mol. The van der Waals surface area contributed by atoms with Crippen molar-refractivity contribution in [2.24, 2.45) is 5.41 Å². The highest BCUT2D eigenvalue weighted by Gasteiger charge is 2.42. The quantitative estimate of drug-likeness (QED) is 0.821. The van der Waals surface area contributed by atoms with E-state index in [2.05, 4.69) is 0 Å². The molecule has 1 aromatic carbocycles. The topological polar surface area (TPSA) is 20.2 Å². The summed E-state index contributed by atoms with van der Waals surface area (Å²) in [6, 6.07) is 4.57. The van der Waals surface area contributed by atoms with Gasteiger partial charge >= 0.3 is 0 Å². The summed E-state index contributed by atoms with van der Waals surface area (Å²) < 4.78 is 13.3. The van der Waals surface area contributed by atoms with E-state index in [0.29, 0.717) is 17.0 Å². The minimum atomic E-state index is -0.228. The molecule has 1 saturated carbocycles. The van der Waals surface area contributed by atoms with Gasteiger partial charge in [-0.25, -0.2) is 4.39 Å². The highest BCUT2D eigenvalue weighted by Crippen LogP contribution is 2.48. The Hall–Kier alpha value is -0.600. The molecule has 2 rings (SSSR count). The Kier molecular flexibility index (Phi) is 2.50. The molecule has 0 bridgehead atoms. The first kappa shape index (κ1) is 9.94. The van der Waals surface area contributed by atoms with E-state index in [9.17, 15) is 4.39 Å². The maximum Gasteiger partial charge on any atom is 0.126 e. The van der Waals surface area contributed by atoms with Gasteiger partial charge in [0.2, 0.25) is 0 Å². The van der Waals surface area contributed by atoms with E-state index < -0.39 is 0 Å². The fraction of sp³-hybridized carbons (Fsp3) is 0.455. The number of halogens is 2. The zero-order valence-electron chi connectivity index (χ0n) is 7.76. The van der Waals surface area contributed by atoms with Crippen LogP contribution in [0.5, 0.6) is 0 Å². The first-order valence-corrected chi connectivity index (χ1v) is 5.08. The maximum atomic E-state index is 13.3. The number of hydrogen-bond donors (Lipinski definition) is 1. The summed E-state index contributed by atoms with van der Waals surface area (Å²) in [4.78, 5) is 0. The third-order valence-electron chi connectivity index (χ3n) is 2.87. The number of aliphatic hydroxyl groups is 1. The lowest BCUT2D eigenvalue weighted by Gasteiger charge is -2.12. The average Bonchev–Trinajstić information content (AvgIpc) is 2.92. The molecule has 1 aliphatic carbocycles. The second-order valence-corrected chi connectivity index (χ2v) is 4.51. The van der Waals surface area contributed by atoms with Crippen molar-refractivity contribution in [1.29, 1.82) is 0 Å². The second kappa shape index (κ2) is 3.52. The fourth-order valence-electron chi connectivity index (χ4n) is 1.65. The highest BCUT2D eigenvalue weighted by molar-refractivity contribution is 6.30. The fourth-order valence-corrected chi connectivity index (χ4v) is 1.85. The van der Waals surface area contributed by atoms with Gasteiger partial charge in [0.1, 0.15) is 5.82 Å². The molecule has 0 heterocycles. The molecule has 1 N–H and O–H groups in total. The largest absolute Gasteiger partial charge is 0.396 e. The van der Waals surface area contributed by atoms with Crippen molar-refractivity contribution in [1.82, 2.24) is 0 Å². The lowest BCUT2D eigenvalue weighted by molar-refractivity contribution is 0.210. The van der Waals surface area contributed by atoms with Crippen LogP contribution in [0.15, 0.2) is 18.2 Å². The van der Waals surface area contributed by atoms with Crippen molar-refractivity contribution in [3.63, 3.8) is 0 Å². The summed E-state index contributed by atoms with van der Waals surface area (Å²) in [6.45, 7) is 0.138. The molecule has 0 spiro atoms. The summed E-state index contributed by atoms with van der Waals surface area (Å²) in [7, 11) is 0. The van der Waals surface area contributed by atoms with Crippen LogP contribution >= 0.6 is 11.6 Å². The molecule has 0 unspecified atom stereocenters. The molecule has 76 valence electrons. The van der Waals surface area contributed by atoms with Gasteiger partial charge in [0, 0.05) is 11.6 Å². The summed E-state index contributed by atoms with van der Waals surface area (Å²) in [5.41, 5.74) is 0.551. The highest BCUT2D eigenvalue weighted by atomic mass is 35.5. The van der Waals surface area contributed by atoms with Crippen molar-refractivity contribution in [3.8, 4) is 0 Å². The van der Waals surface area contributed by atoms with Crippen LogP contribution in [0.2, 0.25) is 5.02 Å². The molecule has 3 heteroatoms. The molecule has 14 heavy (non-hydrogen) atoms. The van der Waals surface area contributed by atoms with E-state index >= 15 is 0 Å². The molecule has 1 aliphatic rings. The minimum absolute atomic E-state index is 0.0640. The van der Waals surface area contributed by atoms with Crippen molar-refractivity contribution >= 4 is 11.6 Å².